The summed E-state index contributed by atoms with van der Waals surface area (Å²) in [5, 5.41) is 11.3. The lowest BCUT2D eigenvalue weighted by atomic mass is 10.2. The van der Waals surface area contributed by atoms with Crippen molar-refractivity contribution in [3.8, 4) is 11.8 Å². The zero-order chi connectivity index (χ0) is 12.7. The van der Waals surface area contributed by atoms with Crippen LogP contribution in [-0.4, -0.2) is 19.1 Å². The normalized spacial score (nSPS) is 9.18. The maximum atomic E-state index is 11.3. The highest BCUT2D eigenvalue weighted by atomic mass is 16.5. The van der Waals surface area contributed by atoms with Gasteiger partial charge in [0, 0.05) is 6.54 Å². The average molecular weight is 230 g/mol. The highest BCUT2D eigenvalue weighted by molar-refractivity contribution is 5.77. The molecule has 1 N–H and O–H groups in total. The van der Waals surface area contributed by atoms with Crippen molar-refractivity contribution in [2.75, 3.05) is 13.2 Å². The van der Waals surface area contributed by atoms with Gasteiger partial charge in [0.1, 0.15) is 5.75 Å². The minimum absolute atomic E-state index is 0.0425. The van der Waals surface area contributed by atoms with Crippen LogP contribution in [0, 0.1) is 11.3 Å². The number of amides is 1. The van der Waals surface area contributed by atoms with E-state index in [4.69, 9.17) is 10.00 Å². The Morgan fingerprint density at radius 1 is 1.47 bits per heavy atom. The Hall–Kier alpha value is -2.28. The Bertz CT molecular complexity index is 443. The van der Waals surface area contributed by atoms with Crippen LogP contribution >= 0.6 is 0 Å². The first-order valence-electron chi connectivity index (χ1n) is 5.16. The molecule has 0 radical (unpaired) electrons. The summed E-state index contributed by atoms with van der Waals surface area (Å²) in [7, 11) is 0. The predicted octanol–water partition coefficient (Wildman–Crippen LogP) is 1.63. The largest absolute Gasteiger partial charge is 0.484 e. The van der Waals surface area contributed by atoms with Crippen molar-refractivity contribution >= 4 is 5.91 Å². The van der Waals surface area contributed by atoms with Gasteiger partial charge in [-0.15, -0.1) is 0 Å². The summed E-state index contributed by atoms with van der Waals surface area (Å²) in [5.74, 6) is 0.367. The van der Waals surface area contributed by atoms with E-state index in [0.717, 1.165) is 5.57 Å². The number of benzene rings is 1. The fourth-order valence-electron chi connectivity index (χ4n) is 1.08. The van der Waals surface area contributed by atoms with Crippen molar-refractivity contribution in [3.05, 3.63) is 42.0 Å². The minimum atomic E-state index is -0.197. The number of hydrogen-bond donors (Lipinski definition) is 1. The quantitative estimate of drug-likeness (QED) is 0.782. The van der Waals surface area contributed by atoms with E-state index in [1.807, 2.05) is 13.0 Å². The second-order valence-corrected chi connectivity index (χ2v) is 3.66. The smallest absolute Gasteiger partial charge is 0.258 e. The van der Waals surface area contributed by atoms with Crippen LogP contribution in [0.4, 0.5) is 0 Å². The van der Waals surface area contributed by atoms with Crippen molar-refractivity contribution in [1.29, 1.82) is 5.26 Å². The van der Waals surface area contributed by atoms with Crippen LogP contribution in [0.1, 0.15) is 12.5 Å². The van der Waals surface area contributed by atoms with Gasteiger partial charge >= 0.3 is 0 Å². The summed E-state index contributed by atoms with van der Waals surface area (Å²) in [6.45, 7) is 5.92. The molecule has 0 bridgehead atoms. The van der Waals surface area contributed by atoms with Gasteiger partial charge in [-0.1, -0.05) is 12.2 Å². The van der Waals surface area contributed by atoms with E-state index in [1.54, 1.807) is 24.3 Å². The van der Waals surface area contributed by atoms with E-state index < -0.39 is 0 Å². The van der Waals surface area contributed by atoms with Crippen LogP contribution < -0.4 is 10.1 Å². The Morgan fingerprint density at radius 3 is 2.65 bits per heavy atom. The molecule has 0 atom stereocenters. The van der Waals surface area contributed by atoms with E-state index in [9.17, 15) is 4.79 Å². The molecule has 1 aromatic carbocycles. The molecule has 0 saturated heterocycles. The summed E-state index contributed by atoms with van der Waals surface area (Å²) in [6.07, 6.45) is 0. The second-order valence-electron chi connectivity index (χ2n) is 3.66. The highest BCUT2D eigenvalue weighted by Gasteiger charge is 2.02. The van der Waals surface area contributed by atoms with Gasteiger partial charge in [-0.3, -0.25) is 4.79 Å². The lowest BCUT2D eigenvalue weighted by Gasteiger charge is -2.07. The molecule has 1 amide bonds. The fourth-order valence-corrected chi connectivity index (χ4v) is 1.08. The number of ether oxygens (including phenoxy) is 1. The third kappa shape index (κ3) is 4.85. The molecular weight excluding hydrogens is 216 g/mol. The first-order valence-corrected chi connectivity index (χ1v) is 5.16. The molecule has 1 rings (SSSR count). The molecule has 0 spiro atoms. The highest BCUT2D eigenvalue weighted by Crippen LogP contribution is 2.11. The van der Waals surface area contributed by atoms with Crippen molar-refractivity contribution in [1.82, 2.24) is 5.32 Å². The Balaban J connectivity index is 2.37. The summed E-state index contributed by atoms with van der Waals surface area (Å²) < 4.78 is 5.25. The van der Waals surface area contributed by atoms with Crippen LogP contribution in [0.5, 0.6) is 5.75 Å². The molecule has 0 aromatic heterocycles. The van der Waals surface area contributed by atoms with Crippen LogP contribution in [0.15, 0.2) is 36.4 Å². The molecular formula is C13H14N2O2. The molecule has 0 aliphatic heterocycles. The number of nitriles is 1. The second kappa shape index (κ2) is 6.33. The predicted molar refractivity (Wildman–Crippen MR) is 64.5 cm³/mol. The lowest BCUT2D eigenvalue weighted by Crippen LogP contribution is -2.29. The van der Waals surface area contributed by atoms with Crippen molar-refractivity contribution in [2.24, 2.45) is 0 Å². The first-order chi connectivity index (χ1) is 8.11. The molecule has 17 heavy (non-hydrogen) atoms. The first kappa shape index (κ1) is 12.8. The Labute approximate surface area is 101 Å². The zero-order valence-corrected chi connectivity index (χ0v) is 9.69. The fraction of sp³-hybridized carbons (Fsp3) is 0.231. The molecule has 4 heteroatoms. The molecule has 0 aliphatic rings. The third-order valence-electron chi connectivity index (χ3n) is 1.94. The molecule has 4 nitrogen and oxygen atoms in total. The SMILES string of the molecule is C=C(C)CNC(=O)COc1ccc(C#N)cc1. The van der Waals surface area contributed by atoms with E-state index in [1.165, 1.54) is 0 Å². The van der Waals surface area contributed by atoms with Crippen LogP contribution in [0.2, 0.25) is 0 Å². The van der Waals surface area contributed by atoms with Gasteiger partial charge in [0.2, 0.25) is 0 Å². The van der Waals surface area contributed by atoms with Crippen molar-refractivity contribution < 1.29 is 9.53 Å². The average Bonchev–Trinajstić information content (AvgIpc) is 2.34. The van der Waals surface area contributed by atoms with Gasteiger partial charge in [-0.25, -0.2) is 0 Å². The molecule has 88 valence electrons. The van der Waals surface area contributed by atoms with Gasteiger partial charge in [-0.05, 0) is 31.2 Å². The summed E-state index contributed by atoms with van der Waals surface area (Å²) in [5.41, 5.74) is 1.45. The number of rotatable bonds is 5. The zero-order valence-electron chi connectivity index (χ0n) is 9.69. The van der Waals surface area contributed by atoms with Gasteiger partial charge in [-0.2, -0.15) is 5.26 Å². The van der Waals surface area contributed by atoms with Crippen LogP contribution in [-0.2, 0) is 4.79 Å². The molecule has 0 unspecified atom stereocenters. The molecule has 0 aliphatic carbocycles. The van der Waals surface area contributed by atoms with Crippen LogP contribution in [0.3, 0.4) is 0 Å². The van der Waals surface area contributed by atoms with E-state index in [0.29, 0.717) is 17.9 Å². The standard InChI is InChI=1S/C13H14N2O2/c1-10(2)8-15-13(16)9-17-12-5-3-11(7-14)4-6-12/h3-6H,1,8-9H2,2H3,(H,15,16). The van der Waals surface area contributed by atoms with Crippen molar-refractivity contribution in [3.63, 3.8) is 0 Å². The van der Waals surface area contributed by atoms with Gasteiger partial charge in [0.15, 0.2) is 6.61 Å². The van der Waals surface area contributed by atoms with E-state index in [-0.39, 0.29) is 12.5 Å². The maximum Gasteiger partial charge on any atom is 0.258 e. The third-order valence-corrected chi connectivity index (χ3v) is 1.94. The lowest BCUT2D eigenvalue weighted by molar-refractivity contribution is -0.122. The molecule has 0 fully saturated rings. The van der Waals surface area contributed by atoms with E-state index >= 15 is 0 Å². The van der Waals surface area contributed by atoms with Gasteiger partial charge in [0.25, 0.3) is 5.91 Å². The van der Waals surface area contributed by atoms with Gasteiger partial charge in [0.05, 0.1) is 11.6 Å². The summed E-state index contributed by atoms with van der Waals surface area (Å²) in [6, 6.07) is 8.60. The molecule has 0 saturated carbocycles. The topological polar surface area (TPSA) is 62.1 Å². The Morgan fingerprint density at radius 2 is 2.12 bits per heavy atom. The number of carbonyl (C=O) groups excluding carboxylic acids is 1. The molecule has 0 heterocycles. The van der Waals surface area contributed by atoms with Crippen molar-refractivity contribution in [2.45, 2.75) is 6.92 Å². The number of nitrogens with one attached hydrogen (secondary N) is 1. The van der Waals surface area contributed by atoms with E-state index in [2.05, 4.69) is 11.9 Å². The minimum Gasteiger partial charge on any atom is -0.484 e. The Kier molecular flexibility index (Phi) is 4.77. The maximum absolute atomic E-state index is 11.3. The monoisotopic (exact) mass is 230 g/mol. The van der Waals surface area contributed by atoms with Crippen LogP contribution in [0.25, 0.3) is 0 Å². The number of carbonyl (C=O) groups is 1. The summed E-state index contributed by atoms with van der Waals surface area (Å²) >= 11 is 0. The number of hydrogen-bond acceptors (Lipinski definition) is 3. The summed E-state index contributed by atoms with van der Waals surface area (Å²) in [4.78, 5) is 11.3. The van der Waals surface area contributed by atoms with Gasteiger partial charge < -0.3 is 10.1 Å². The number of nitrogens with zero attached hydrogens (tertiary/aromatic N) is 1. The molecule has 1 aromatic rings.